The Morgan fingerprint density at radius 3 is 3.06 bits per heavy atom. The third-order valence-corrected chi connectivity index (χ3v) is 3.83. The van der Waals surface area contributed by atoms with E-state index in [0.717, 1.165) is 29.8 Å². The van der Waals surface area contributed by atoms with Crippen molar-refractivity contribution in [2.75, 3.05) is 0 Å². The average Bonchev–Trinajstić information content (AvgIpc) is 2.66. The van der Waals surface area contributed by atoms with E-state index in [0.29, 0.717) is 11.5 Å². The number of carboxylic acids is 1. The van der Waals surface area contributed by atoms with Crippen LogP contribution in [0.25, 0.3) is 0 Å². The van der Waals surface area contributed by atoms with Gasteiger partial charge >= 0.3 is 5.97 Å². The molecule has 3 rings (SSSR count). The van der Waals surface area contributed by atoms with Crippen LogP contribution in [0.15, 0.2) is 39.5 Å². The number of hydrogen-bond donors (Lipinski definition) is 1. The van der Waals surface area contributed by atoms with Gasteiger partial charge in [0.25, 0.3) is 0 Å². The van der Waals surface area contributed by atoms with Crippen molar-refractivity contribution in [2.24, 2.45) is 16.8 Å². The number of aliphatic carboxylic acids is 1. The normalized spacial score (nSPS) is 30.6. The molecule has 0 saturated heterocycles. The molecule has 0 aromatic rings. The summed E-state index contributed by atoms with van der Waals surface area (Å²) in [4.78, 5) is 15.7. The number of carboxylic acid groups (broad SMARTS) is 1. The molecule has 0 aromatic carbocycles. The molecule has 2 aliphatic carbocycles. The number of nitrogens with zero attached hydrogens (tertiary/aromatic N) is 1. The maximum Gasteiger partial charge on any atom is 0.312 e. The van der Waals surface area contributed by atoms with Gasteiger partial charge in [0.1, 0.15) is 0 Å². The molecule has 0 spiro atoms. The minimum Gasteiger partial charge on any atom is -0.481 e. The summed E-state index contributed by atoms with van der Waals surface area (Å²) < 4.78 is 0. The van der Waals surface area contributed by atoms with E-state index in [9.17, 15) is 9.90 Å². The van der Waals surface area contributed by atoms with Crippen LogP contribution in [0.1, 0.15) is 19.3 Å². The minimum absolute atomic E-state index is 0.115. The van der Waals surface area contributed by atoms with Gasteiger partial charge in [-0.25, -0.2) is 0 Å². The lowest BCUT2D eigenvalue weighted by atomic mass is 9.81. The van der Waals surface area contributed by atoms with Gasteiger partial charge in [-0.3, -0.25) is 9.79 Å². The fourth-order valence-electron chi connectivity index (χ4n) is 2.78. The molecule has 0 unspecified atom stereocenters. The van der Waals surface area contributed by atoms with Crippen molar-refractivity contribution in [3.63, 3.8) is 0 Å². The first-order chi connectivity index (χ1) is 8.16. The number of allylic oxidation sites excluding steroid dienone is 5. The second kappa shape index (κ2) is 3.84. The highest BCUT2D eigenvalue weighted by molar-refractivity contribution is 6.32. The summed E-state index contributed by atoms with van der Waals surface area (Å²) in [6, 6.07) is 0. The largest absolute Gasteiger partial charge is 0.481 e. The van der Waals surface area contributed by atoms with E-state index in [-0.39, 0.29) is 5.92 Å². The first-order valence-corrected chi connectivity index (χ1v) is 6.14. The molecule has 3 aliphatic rings. The summed E-state index contributed by atoms with van der Waals surface area (Å²) in [5, 5.41) is 9.92. The second-order valence-corrected chi connectivity index (χ2v) is 5.03. The van der Waals surface area contributed by atoms with Crippen LogP contribution in [0, 0.1) is 11.8 Å². The molecule has 0 radical (unpaired) electrons. The maximum absolute atomic E-state index is 11.2. The number of rotatable bonds is 1. The Balaban J connectivity index is 2.04. The molecule has 0 bridgehead atoms. The smallest absolute Gasteiger partial charge is 0.312 e. The lowest BCUT2D eigenvalue weighted by Gasteiger charge is -2.22. The van der Waals surface area contributed by atoms with Crippen molar-refractivity contribution in [2.45, 2.75) is 19.3 Å². The van der Waals surface area contributed by atoms with Crippen LogP contribution in [0.3, 0.4) is 0 Å². The van der Waals surface area contributed by atoms with Gasteiger partial charge in [0.05, 0.1) is 17.3 Å². The van der Waals surface area contributed by atoms with E-state index in [1.54, 1.807) is 0 Å². The number of aliphatic imine (C=N–C) groups is 1. The predicted molar refractivity (Wildman–Crippen MR) is 66.0 cm³/mol. The van der Waals surface area contributed by atoms with Crippen LogP contribution in [0.2, 0.25) is 0 Å². The molecular weight excluding hydrogens is 238 g/mol. The Kier molecular flexibility index (Phi) is 2.44. The van der Waals surface area contributed by atoms with Crippen LogP contribution < -0.4 is 0 Å². The Morgan fingerprint density at radius 1 is 1.47 bits per heavy atom. The van der Waals surface area contributed by atoms with Crippen LogP contribution in [-0.4, -0.2) is 16.8 Å². The van der Waals surface area contributed by atoms with Crippen LogP contribution in [0.5, 0.6) is 0 Å². The zero-order chi connectivity index (χ0) is 12.0. The number of hydrogen-bond acceptors (Lipinski definition) is 2. The quantitative estimate of drug-likeness (QED) is 0.777. The van der Waals surface area contributed by atoms with Gasteiger partial charge < -0.3 is 5.11 Å². The second-order valence-electron chi connectivity index (χ2n) is 4.59. The van der Waals surface area contributed by atoms with Crippen molar-refractivity contribution >= 4 is 23.3 Å². The van der Waals surface area contributed by atoms with E-state index in [1.807, 2.05) is 18.2 Å². The van der Waals surface area contributed by atoms with Gasteiger partial charge in [0.15, 0.2) is 0 Å². The molecule has 88 valence electrons. The summed E-state index contributed by atoms with van der Waals surface area (Å²) in [6.07, 6.45) is 8.22. The Labute approximate surface area is 104 Å². The third-order valence-electron chi connectivity index (χ3n) is 3.58. The molecule has 1 aliphatic heterocycles. The summed E-state index contributed by atoms with van der Waals surface area (Å²) in [5.74, 6) is -1.08. The molecule has 2 atom stereocenters. The number of halogens is 1. The molecule has 0 aromatic heterocycles. The molecule has 4 heteroatoms. The number of carbonyl (C=O) groups is 1. The zero-order valence-electron chi connectivity index (χ0n) is 9.19. The van der Waals surface area contributed by atoms with Crippen molar-refractivity contribution in [3.05, 3.63) is 34.5 Å². The molecule has 0 amide bonds. The third kappa shape index (κ3) is 1.65. The Hall–Kier alpha value is -1.35. The van der Waals surface area contributed by atoms with E-state index in [2.05, 4.69) is 4.99 Å². The minimum atomic E-state index is -0.765. The van der Waals surface area contributed by atoms with Gasteiger partial charge in [0, 0.05) is 11.0 Å². The highest BCUT2D eigenvalue weighted by Crippen LogP contribution is 2.42. The maximum atomic E-state index is 11.2. The van der Waals surface area contributed by atoms with E-state index in [1.165, 1.54) is 0 Å². The Morgan fingerprint density at radius 2 is 2.29 bits per heavy atom. The van der Waals surface area contributed by atoms with Gasteiger partial charge in [-0.05, 0) is 37.0 Å². The summed E-state index contributed by atoms with van der Waals surface area (Å²) in [7, 11) is 0. The van der Waals surface area contributed by atoms with Crippen LogP contribution in [0.4, 0.5) is 0 Å². The first kappa shape index (κ1) is 10.8. The lowest BCUT2D eigenvalue weighted by Crippen LogP contribution is -2.20. The monoisotopic (exact) mass is 249 g/mol. The summed E-state index contributed by atoms with van der Waals surface area (Å²) >= 11 is 5.99. The Bertz CT molecular complexity index is 514. The number of fused-ring (bicyclic) bond motifs is 2. The van der Waals surface area contributed by atoms with Gasteiger partial charge in [-0.1, -0.05) is 17.7 Å². The first-order valence-electron chi connectivity index (χ1n) is 5.76. The fraction of sp³-hybridized carbons (Fsp3) is 0.385. The van der Waals surface area contributed by atoms with Gasteiger partial charge in [-0.2, -0.15) is 0 Å². The van der Waals surface area contributed by atoms with E-state index >= 15 is 0 Å². The molecular formula is C13H12ClNO2. The van der Waals surface area contributed by atoms with Crippen LogP contribution >= 0.6 is 11.6 Å². The molecule has 3 nitrogen and oxygen atoms in total. The topological polar surface area (TPSA) is 49.7 Å². The van der Waals surface area contributed by atoms with Gasteiger partial charge in [0.2, 0.25) is 0 Å². The fourth-order valence-corrected chi connectivity index (χ4v) is 2.97. The lowest BCUT2D eigenvalue weighted by molar-refractivity contribution is -0.140. The zero-order valence-corrected chi connectivity index (χ0v) is 9.94. The van der Waals surface area contributed by atoms with Crippen molar-refractivity contribution in [3.8, 4) is 0 Å². The van der Waals surface area contributed by atoms with Crippen molar-refractivity contribution < 1.29 is 9.90 Å². The SMILES string of the molecule is O=C(O)[C@@H]1CCCC2=C1N=C1C=CC(Cl)=C[C@H]12. The van der Waals surface area contributed by atoms with Gasteiger partial charge in [-0.15, -0.1) is 0 Å². The van der Waals surface area contributed by atoms with E-state index < -0.39 is 11.9 Å². The molecule has 17 heavy (non-hydrogen) atoms. The molecule has 0 fully saturated rings. The molecule has 1 heterocycles. The van der Waals surface area contributed by atoms with E-state index in [4.69, 9.17) is 11.6 Å². The standard InChI is InChI=1S/C13H12ClNO2/c14-7-4-5-11-10(6-7)8-2-1-3-9(13(16)17)12(8)15-11/h4-6,9-10H,1-3H2,(H,16,17)/t9-,10+/m1/s1. The van der Waals surface area contributed by atoms with Crippen LogP contribution in [-0.2, 0) is 4.79 Å². The van der Waals surface area contributed by atoms with Crippen molar-refractivity contribution in [1.29, 1.82) is 0 Å². The van der Waals surface area contributed by atoms with Crippen molar-refractivity contribution in [1.82, 2.24) is 0 Å². The predicted octanol–water partition coefficient (Wildman–Crippen LogP) is 2.89. The highest BCUT2D eigenvalue weighted by atomic mass is 35.5. The summed E-state index contributed by atoms with van der Waals surface area (Å²) in [5.41, 5.74) is 2.87. The molecule has 0 saturated carbocycles. The molecule has 1 N–H and O–H groups in total. The average molecular weight is 250 g/mol. The summed E-state index contributed by atoms with van der Waals surface area (Å²) in [6.45, 7) is 0. The highest BCUT2D eigenvalue weighted by Gasteiger charge is 2.37.